The number of unbranched alkanes of at least 4 members (excludes halogenated alkanes) is 5. The molecule has 0 aromatic heterocycles. The zero-order chi connectivity index (χ0) is 20.4. The number of amides is 1. The van der Waals surface area contributed by atoms with Gasteiger partial charge < -0.3 is 20.8 Å². The first-order chi connectivity index (χ1) is 11.8. The van der Waals surface area contributed by atoms with Gasteiger partial charge in [0.25, 0.3) is 0 Å². The molecule has 0 aromatic rings. The number of nitrogens with two attached hydrogens (primary N) is 1. The molecule has 0 unspecified atom stereocenters. The summed E-state index contributed by atoms with van der Waals surface area (Å²) in [4.78, 5) is 26.4. The summed E-state index contributed by atoms with van der Waals surface area (Å²) >= 11 is 0. The second-order valence-corrected chi connectivity index (χ2v) is 6.28. The minimum atomic E-state index is -2.78. The van der Waals surface area contributed by atoms with E-state index in [1.807, 2.05) is 0 Å². The number of aliphatic hydroxyl groups is 1. The van der Waals surface area contributed by atoms with Crippen LogP contribution in [0.25, 0.3) is 0 Å². The van der Waals surface area contributed by atoms with Crippen LogP contribution in [0.5, 0.6) is 0 Å². The Labute approximate surface area is 142 Å². The molecule has 0 fully saturated rings. The van der Waals surface area contributed by atoms with E-state index >= 15 is 0 Å². The molecule has 7 nitrogen and oxygen atoms in total. The largest absolute Gasteiger partial charge is 0.480 e. The fraction of sp³-hybridized carbons (Fsp3) is 0.812. The minimum Gasteiger partial charge on any atom is -0.480 e. The van der Waals surface area contributed by atoms with Gasteiger partial charge in [-0.15, -0.1) is 0 Å². The average molecular weight is 332 g/mol. The molecule has 0 radical (unpaired) electrons. The van der Waals surface area contributed by atoms with Crippen LogP contribution in [0.2, 0.25) is 0 Å². The van der Waals surface area contributed by atoms with Crippen molar-refractivity contribution in [1.29, 1.82) is 0 Å². The molecule has 0 spiro atoms. The summed E-state index contributed by atoms with van der Waals surface area (Å²) in [5.74, 6) is -2.55. The van der Waals surface area contributed by atoms with Crippen molar-refractivity contribution in [2.24, 2.45) is 10.7 Å². The predicted octanol–water partition coefficient (Wildman–Crippen LogP) is 1.74. The average Bonchev–Trinajstić information content (AvgIpc) is 2.44. The fourth-order valence-corrected chi connectivity index (χ4v) is 2.00. The Kier molecular flexibility index (Phi) is 7.76. The minimum absolute atomic E-state index is 0.131. The molecule has 0 rings (SSSR count). The summed E-state index contributed by atoms with van der Waals surface area (Å²) in [5.41, 5.74) is 4.85. The number of carboxylic acids is 1. The topological polar surface area (TPSA) is 116 Å². The highest BCUT2D eigenvalue weighted by atomic mass is 16.4. The van der Waals surface area contributed by atoms with Gasteiger partial charge in [0.15, 0.2) is 5.96 Å². The Hall–Kier alpha value is -1.63. The van der Waals surface area contributed by atoms with Crippen molar-refractivity contribution in [2.75, 3.05) is 13.5 Å². The zero-order valence-corrected chi connectivity index (χ0v) is 14.0. The molecule has 0 aliphatic heterocycles. The lowest BCUT2D eigenvalue weighted by Crippen LogP contribution is -2.38. The number of carboxylic acid groups (broad SMARTS) is 1. The van der Waals surface area contributed by atoms with E-state index < -0.39 is 37.0 Å². The summed E-state index contributed by atoms with van der Waals surface area (Å²) in [6, 6.07) is 0. The van der Waals surface area contributed by atoms with E-state index in [1.54, 1.807) is 13.8 Å². The third-order valence-electron chi connectivity index (χ3n) is 3.24. The summed E-state index contributed by atoms with van der Waals surface area (Å²) in [5, 5.41) is 18.3. The zero-order valence-electron chi connectivity index (χ0n) is 17.0. The first-order valence-corrected chi connectivity index (χ1v) is 7.92. The van der Waals surface area contributed by atoms with Crippen LogP contribution in [-0.2, 0) is 9.59 Å². The molecule has 134 valence electrons. The van der Waals surface area contributed by atoms with Crippen molar-refractivity contribution in [3.8, 4) is 0 Å². The van der Waals surface area contributed by atoms with E-state index in [2.05, 4.69) is 4.99 Å². The summed E-state index contributed by atoms with van der Waals surface area (Å²) in [6.45, 7) is -0.0670. The second kappa shape index (κ2) is 11.0. The molecule has 0 heterocycles. The van der Waals surface area contributed by atoms with Crippen molar-refractivity contribution < 1.29 is 23.9 Å². The van der Waals surface area contributed by atoms with Gasteiger partial charge in [0.2, 0.25) is 5.91 Å². The summed E-state index contributed by atoms with van der Waals surface area (Å²) < 4.78 is 21.8. The number of hydrogen-bond acceptors (Lipinski definition) is 3. The number of hydrogen-bond donors (Lipinski definition) is 3. The first kappa shape index (κ1) is 16.2. The number of rotatable bonds is 11. The van der Waals surface area contributed by atoms with Crippen molar-refractivity contribution in [2.45, 2.75) is 70.8 Å². The van der Waals surface area contributed by atoms with Gasteiger partial charge in [0.1, 0.15) is 6.54 Å². The Morgan fingerprint density at radius 3 is 2.26 bits per heavy atom. The normalized spacial score (nSPS) is 14.7. The molecule has 0 saturated heterocycles. The van der Waals surface area contributed by atoms with Crippen molar-refractivity contribution >= 4 is 17.8 Å². The highest BCUT2D eigenvalue weighted by Gasteiger charge is 2.11. The SMILES string of the molecule is [2H]C([2H])([2H])N(CC(=O)O)C(N)=NC(=O)CCCCCCCCC(C)(C)O. The molecule has 0 aromatic carbocycles. The van der Waals surface area contributed by atoms with Crippen LogP contribution >= 0.6 is 0 Å². The van der Waals surface area contributed by atoms with Crippen LogP contribution in [0, 0.1) is 0 Å². The lowest BCUT2D eigenvalue weighted by atomic mass is 9.99. The van der Waals surface area contributed by atoms with Gasteiger partial charge in [-0.1, -0.05) is 32.1 Å². The maximum Gasteiger partial charge on any atom is 0.323 e. The molecule has 0 atom stereocenters. The molecular weight excluding hydrogens is 298 g/mol. The molecule has 0 bridgehead atoms. The lowest BCUT2D eigenvalue weighted by Gasteiger charge is -2.16. The van der Waals surface area contributed by atoms with Crippen LogP contribution in [0.1, 0.15) is 69.3 Å². The molecule has 1 amide bonds. The Bertz CT molecular complexity index is 488. The summed E-state index contributed by atoms with van der Waals surface area (Å²) in [7, 11) is 0. The Morgan fingerprint density at radius 2 is 1.74 bits per heavy atom. The maximum atomic E-state index is 11.8. The van der Waals surface area contributed by atoms with Gasteiger partial charge in [-0.3, -0.25) is 9.59 Å². The predicted molar refractivity (Wildman–Crippen MR) is 90.1 cm³/mol. The van der Waals surface area contributed by atoms with Gasteiger partial charge >= 0.3 is 5.97 Å². The highest BCUT2D eigenvalue weighted by molar-refractivity contribution is 5.93. The van der Waals surface area contributed by atoms with Gasteiger partial charge in [0.05, 0.1) is 5.60 Å². The third-order valence-corrected chi connectivity index (χ3v) is 3.24. The quantitative estimate of drug-likeness (QED) is 0.301. The van der Waals surface area contributed by atoms with Crippen LogP contribution in [0.3, 0.4) is 0 Å². The second-order valence-electron chi connectivity index (χ2n) is 6.28. The maximum absolute atomic E-state index is 11.8. The molecule has 7 heteroatoms. The lowest BCUT2D eigenvalue weighted by molar-refractivity contribution is -0.137. The monoisotopic (exact) mass is 332 g/mol. The molecule has 0 aliphatic carbocycles. The van der Waals surface area contributed by atoms with Crippen molar-refractivity contribution in [1.82, 2.24) is 4.90 Å². The highest BCUT2D eigenvalue weighted by Crippen LogP contribution is 2.15. The van der Waals surface area contributed by atoms with Crippen LogP contribution in [-0.4, -0.2) is 52.1 Å². The van der Waals surface area contributed by atoms with E-state index in [0.717, 1.165) is 38.5 Å². The van der Waals surface area contributed by atoms with Gasteiger partial charge in [-0.25, -0.2) is 0 Å². The van der Waals surface area contributed by atoms with Gasteiger partial charge in [-0.05, 0) is 26.7 Å². The number of carbonyl (C=O) groups is 2. The first-order valence-electron chi connectivity index (χ1n) is 9.42. The molecule has 0 saturated carbocycles. The van der Waals surface area contributed by atoms with Crippen LogP contribution in [0.15, 0.2) is 4.99 Å². The standard InChI is InChI=1S/C16H31N3O4/c1-16(2,23)11-9-7-5-4-6-8-10-13(20)18-15(17)19(3)12-14(21)22/h23H,4-12H2,1-3H3,(H,21,22)(H2,17,18,20)/i3D3. The van der Waals surface area contributed by atoms with Crippen molar-refractivity contribution in [3.05, 3.63) is 0 Å². The van der Waals surface area contributed by atoms with Gasteiger partial charge in [-0.2, -0.15) is 4.99 Å². The third kappa shape index (κ3) is 13.7. The summed E-state index contributed by atoms with van der Waals surface area (Å²) in [6.07, 6.45) is 6.28. The molecule has 4 N–H and O–H groups in total. The number of nitrogens with zero attached hydrogens (tertiary/aromatic N) is 2. The number of aliphatic imine (C=N–C) groups is 1. The number of carbonyl (C=O) groups excluding carboxylic acids is 1. The number of guanidine groups is 1. The van der Waals surface area contributed by atoms with E-state index in [1.165, 1.54) is 0 Å². The van der Waals surface area contributed by atoms with E-state index in [-0.39, 0.29) is 6.42 Å². The Balaban J connectivity index is 4.15. The number of likely N-dealkylation sites (N-methyl/N-ethyl adjacent to an activating group) is 1. The Morgan fingerprint density at radius 1 is 1.17 bits per heavy atom. The smallest absolute Gasteiger partial charge is 0.323 e. The molecular formula is C16H31N3O4. The van der Waals surface area contributed by atoms with E-state index in [4.69, 9.17) is 15.0 Å². The van der Waals surface area contributed by atoms with Crippen LogP contribution < -0.4 is 5.73 Å². The fourth-order valence-electron chi connectivity index (χ4n) is 2.00. The van der Waals surface area contributed by atoms with Crippen LogP contribution in [0.4, 0.5) is 0 Å². The van der Waals surface area contributed by atoms with E-state index in [0.29, 0.717) is 11.3 Å². The number of aliphatic carboxylic acids is 1. The van der Waals surface area contributed by atoms with Crippen molar-refractivity contribution in [3.63, 3.8) is 0 Å². The molecule has 23 heavy (non-hydrogen) atoms. The van der Waals surface area contributed by atoms with Gasteiger partial charge in [0, 0.05) is 17.5 Å². The van der Waals surface area contributed by atoms with E-state index in [9.17, 15) is 14.7 Å². The molecule has 0 aliphatic rings.